The second-order valence-corrected chi connectivity index (χ2v) is 49.4. The average molecular weight is 1800 g/mol. The van der Waals surface area contributed by atoms with Crippen LogP contribution in [0.1, 0.15) is 334 Å². The van der Waals surface area contributed by atoms with Crippen molar-refractivity contribution in [3.63, 3.8) is 0 Å². The minimum Gasteiger partial charge on any atom is -0.508 e. The molecule has 27 rings (SSSR count). The van der Waals surface area contributed by atoms with Gasteiger partial charge in [0.25, 0.3) is 0 Å². The third-order valence-electron chi connectivity index (χ3n) is 42.4. The van der Waals surface area contributed by atoms with Gasteiger partial charge in [0, 0.05) is 96.2 Å². The molecule has 13 heteroatoms. The van der Waals surface area contributed by atoms with Gasteiger partial charge in [-0.1, -0.05) is 134 Å². The Kier molecular flexibility index (Phi) is 24.8. The molecule has 21 aliphatic rings. The summed E-state index contributed by atoms with van der Waals surface area (Å²) in [4.78, 5) is 16.7. The maximum atomic E-state index is 11.9. The maximum Gasteiger partial charge on any atom is 0.115 e. The van der Waals surface area contributed by atoms with Crippen molar-refractivity contribution in [2.75, 3.05) is 65.4 Å². The largest absolute Gasteiger partial charge is 0.508 e. The monoisotopic (exact) mass is 1800 g/mol. The number of hydrogen-bond donors (Lipinski definition) is 7. The lowest BCUT2D eigenvalue weighted by atomic mass is 9.49. The summed E-state index contributed by atoms with van der Waals surface area (Å²) in [7, 11) is 0. The van der Waals surface area contributed by atoms with E-state index in [2.05, 4.69) is 145 Å². The first-order chi connectivity index (χ1) is 64.3. The molecule has 0 spiro atoms. The van der Waals surface area contributed by atoms with E-state index in [1.165, 1.54) is 330 Å². The van der Waals surface area contributed by atoms with Crippen molar-refractivity contribution in [1.29, 1.82) is 0 Å². The number of likely N-dealkylation sites (tertiary alicyclic amines) is 6. The average Bonchev–Trinajstić information content (AvgIpc) is 1.04. The molecule has 718 valence electrons. The molecular weight excluding hydrogens is 1640 g/mol. The zero-order chi connectivity index (χ0) is 91.4. The second kappa shape index (κ2) is 36.0. The smallest absolute Gasteiger partial charge is 0.115 e. The zero-order valence-electron chi connectivity index (χ0n) is 82.8. The summed E-state index contributed by atoms with van der Waals surface area (Å²) in [6.07, 6.45) is 53.2. The molecule has 0 aromatic heterocycles. The Morgan fingerprint density at radius 3 is 1.12 bits per heavy atom. The van der Waals surface area contributed by atoms with Crippen LogP contribution in [-0.2, 0) is 71.0 Å². The Labute approximate surface area is 799 Å². The van der Waals surface area contributed by atoms with E-state index in [1.54, 1.807) is 0 Å². The summed E-state index contributed by atoms with van der Waals surface area (Å²) >= 11 is 0. The summed E-state index contributed by atoms with van der Waals surface area (Å²) < 4.78 is 0. The van der Waals surface area contributed by atoms with Gasteiger partial charge in [0.2, 0.25) is 0 Å². The third kappa shape index (κ3) is 16.5. The van der Waals surface area contributed by atoms with Crippen LogP contribution in [0.3, 0.4) is 0 Å². The van der Waals surface area contributed by atoms with Crippen LogP contribution >= 0.6 is 0 Å². The van der Waals surface area contributed by atoms with Crippen molar-refractivity contribution in [1.82, 2.24) is 29.4 Å². The molecule has 15 fully saturated rings. The Bertz CT molecular complexity index is 5140. The Balaban J connectivity index is 0.0000000931. The van der Waals surface area contributed by atoms with Crippen LogP contribution in [-0.4, -0.2) is 185 Å². The van der Waals surface area contributed by atoms with E-state index in [4.69, 9.17) is 0 Å². The van der Waals surface area contributed by atoms with Crippen molar-refractivity contribution >= 4 is 0 Å². The predicted octanol–water partition coefficient (Wildman–Crippen LogP) is 22.9. The van der Waals surface area contributed by atoms with E-state index < -0.39 is 5.60 Å². The summed E-state index contributed by atoms with van der Waals surface area (Å²) in [5.41, 5.74) is 19.7. The Hall–Kier alpha value is -6.42. The number of allylic oxidation sites excluding steroid dienone is 1. The highest BCUT2D eigenvalue weighted by Crippen LogP contribution is 2.64. The van der Waals surface area contributed by atoms with Crippen LogP contribution in [0.2, 0.25) is 0 Å². The normalized spacial score (nSPS) is 36.8. The van der Waals surface area contributed by atoms with Gasteiger partial charge in [0.05, 0.1) is 5.60 Å². The van der Waals surface area contributed by atoms with Crippen molar-refractivity contribution in [2.24, 2.45) is 59.2 Å². The fourth-order valence-electron chi connectivity index (χ4n) is 33.8. The lowest BCUT2D eigenvalue weighted by molar-refractivity contribution is -0.169. The molecule has 13 nitrogen and oxygen atoms in total. The van der Waals surface area contributed by atoms with Crippen LogP contribution in [0.15, 0.2) is 121 Å². The zero-order valence-corrected chi connectivity index (χ0v) is 82.8. The molecule has 6 aromatic carbocycles. The van der Waals surface area contributed by atoms with Crippen molar-refractivity contribution in [2.45, 2.75) is 392 Å². The fraction of sp³-hybridized carbons (Fsp3) is 0.683. The SMILES string of the molecule is CC(C)=CCN1CC[C@@]2(C)c3cc(O)ccc3C[C@@H]1[C@@H]2C.C[C@@H](C1CC1)N1CC[C@]23CCCC[C@H]2[C@H]1Cc1ccc(O)cc13.C[C@H](C1CC1)N1CC[C@]23CCCC[C@H]2[C@H]1Cc1ccc(O)cc13.C[C@H]1[C@H]2Cc3ccc(O)cc3[C@]1(C)CCN2CC1CC1.Oc1ccc2c(c1)[C@@]13CCCC[C@@]1(O)[C@@H](C2)N(CC1CCC1)CC3.Oc1ccc2c(c1)[C@@]13CCCC[C@H]1[C@@H](C2)N(CC1CC1)CC3. The van der Waals surface area contributed by atoms with Gasteiger partial charge in [-0.15, -0.1) is 0 Å². The van der Waals surface area contributed by atoms with Gasteiger partial charge < -0.3 is 35.7 Å². The number of phenolic OH excluding ortho intramolecular Hbond substituents is 6. The van der Waals surface area contributed by atoms with E-state index in [-0.39, 0.29) is 22.3 Å². The summed E-state index contributed by atoms with van der Waals surface area (Å²) in [5, 5.41) is 72.0. The number of hydrogen-bond acceptors (Lipinski definition) is 13. The number of benzene rings is 6. The fourth-order valence-corrected chi connectivity index (χ4v) is 33.8. The first kappa shape index (κ1) is 91.7. The van der Waals surface area contributed by atoms with Gasteiger partial charge in [-0.05, 0) is 469 Å². The third-order valence-corrected chi connectivity index (χ3v) is 42.4. The molecular formula is C120H166N6O7. The number of phenols is 6. The van der Waals surface area contributed by atoms with Crippen LogP contribution < -0.4 is 0 Å². The minimum absolute atomic E-state index is 0.127. The van der Waals surface area contributed by atoms with E-state index in [1.807, 2.05) is 54.6 Å². The molecule has 0 unspecified atom stereocenters. The first-order valence-electron chi connectivity index (χ1n) is 55.0. The van der Waals surface area contributed by atoms with Crippen molar-refractivity contribution in [3.8, 4) is 34.5 Å². The van der Waals surface area contributed by atoms with Crippen LogP contribution in [0.25, 0.3) is 0 Å². The molecule has 15 aliphatic carbocycles. The predicted molar refractivity (Wildman–Crippen MR) is 537 cm³/mol. The molecule has 9 saturated carbocycles. The second-order valence-electron chi connectivity index (χ2n) is 49.4. The van der Waals surface area contributed by atoms with Crippen LogP contribution in [0.4, 0.5) is 0 Å². The number of nitrogens with zero attached hydrogens (tertiary/aromatic N) is 6. The van der Waals surface area contributed by atoms with Gasteiger partial charge in [-0.25, -0.2) is 0 Å². The summed E-state index contributed by atoms with van der Waals surface area (Å²) in [6.45, 7) is 31.2. The number of aliphatic hydroxyl groups is 1. The Morgan fingerprint density at radius 1 is 0.338 bits per heavy atom. The molecule has 6 saturated heterocycles. The molecule has 7 N–H and O–H groups in total. The van der Waals surface area contributed by atoms with Gasteiger partial charge >= 0.3 is 0 Å². The minimum atomic E-state index is -0.603. The van der Waals surface area contributed by atoms with Gasteiger partial charge in [0.1, 0.15) is 34.5 Å². The van der Waals surface area contributed by atoms with Gasteiger partial charge in [-0.2, -0.15) is 0 Å². The lowest BCUT2D eigenvalue weighted by Gasteiger charge is -2.64. The molecule has 0 amide bonds. The topological polar surface area (TPSA) is 161 Å². The maximum absolute atomic E-state index is 11.9. The highest BCUT2D eigenvalue weighted by Gasteiger charge is 2.65. The summed E-state index contributed by atoms with van der Waals surface area (Å²) in [6, 6.07) is 42.0. The number of aromatic hydroxyl groups is 6. The molecule has 6 aliphatic heterocycles. The van der Waals surface area contributed by atoms with E-state index >= 15 is 0 Å². The van der Waals surface area contributed by atoms with Crippen molar-refractivity contribution in [3.05, 3.63) is 188 Å². The van der Waals surface area contributed by atoms with Gasteiger partial charge in [0.15, 0.2) is 0 Å². The molecule has 20 atom stereocenters. The summed E-state index contributed by atoms with van der Waals surface area (Å²) in [5.74, 6) is 11.1. The van der Waals surface area contributed by atoms with Crippen LogP contribution in [0.5, 0.6) is 34.5 Å². The van der Waals surface area contributed by atoms with Crippen LogP contribution in [0, 0.1) is 59.2 Å². The molecule has 6 heterocycles. The number of rotatable bonds is 12. The van der Waals surface area contributed by atoms with E-state index in [0.29, 0.717) is 74.7 Å². The lowest BCUT2D eigenvalue weighted by Crippen LogP contribution is -2.72. The van der Waals surface area contributed by atoms with E-state index in [9.17, 15) is 35.7 Å². The van der Waals surface area contributed by atoms with Crippen molar-refractivity contribution < 1.29 is 35.7 Å². The molecule has 12 bridgehead atoms. The van der Waals surface area contributed by atoms with E-state index in [0.717, 1.165) is 136 Å². The number of fused-ring (bicyclic) bond motifs is 12. The number of piperidine rings is 6. The first-order valence-corrected chi connectivity index (χ1v) is 55.0. The molecule has 0 radical (unpaired) electrons. The molecule has 133 heavy (non-hydrogen) atoms. The standard InChI is InChI=1S/C21H29NO2.2C21H29NO.C20H27NO.C19H27NO.C18H25NO/c23-17-7-6-16-12-19-21(24)9-2-1-8-20(21,18(16)13-17)10-11-22(19)14-15-4-3-5-15;2*1-14(15-5-6-15)22-11-10-21-9-3-2-4-18(21)20(22)12-16-7-8-17(23)13-19(16)21;22-16-7-6-15-11-19-17-3-1-2-8-20(17,18(15)12-16)9-10-21(19)13-14-4-5-14;1-13(2)7-9-20-10-8-19(4)14(3)18(20)11-15-5-6-16(21)12-17(15)19;1-12-17-9-14-5-6-15(20)10-16(14)18(12,2)7-8-19(17)11-13-3-4-13/h6-7,13,15,19,23-24H,1-5,8-12,14H2;2*7-8,13-15,18,20,23H,2-6,9-12H2,1H3;6-7,12,14,17,19,22H,1-5,8-11,13H2;5-7,12,14,18,21H,8-11H2,1-4H3;5-6,10,12-13,17,20H,3-4,7-9,11H2,1-2H3/t19-,20+,21-;14-,18+,20-,21-;14-,18-,20+,21+;17-,19+,20+;14-,18+,19+;12-,17+,18+/m110000/s1. The highest BCUT2D eigenvalue weighted by atomic mass is 16.3. The molecule has 6 aromatic rings. The Morgan fingerprint density at radius 2 is 0.684 bits per heavy atom. The quantitative estimate of drug-likeness (QED) is 0.0581. The van der Waals surface area contributed by atoms with Gasteiger partial charge in [-0.3, -0.25) is 29.4 Å². The highest BCUT2D eigenvalue weighted by molar-refractivity contribution is 5.52.